The van der Waals surface area contributed by atoms with Gasteiger partial charge in [-0.15, -0.1) is 0 Å². The molecular weight excluding hydrogens is 765 g/mol. The molecule has 5 heteroatoms. The van der Waals surface area contributed by atoms with Crippen molar-refractivity contribution in [2.75, 3.05) is 13.2 Å². The van der Waals surface area contributed by atoms with Gasteiger partial charge in [-0.25, -0.2) is 0 Å². The molecule has 0 aliphatic rings. The molecule has 1 atom stereocenters. The Kier molecular flexibility index (Phi) is 50.4. The molecule has 0 saturated heterocycles. The van der Waals surface area contributed by atoms with E-state index in [0.717, 1.165) is 70.6 Å². The summed E-state index contributed by atoms with van der Waals surface area (Å²) in [6.07, 6.45) is 71.4. The molecule has 0 aliphatic carbocycles. The first-order valence-electron chi connectivity index (χ1n) is 26.5. The third kappa shape index (κ3) is 50.0. The lowest BCUT2D eigenvalue weighted by molar-refractivity contribution is -0.161. The van der Waals surface area contributed by atoms with Gasteiger partial charge in [0, 0.05) is 12.8 Å². The number of hydrogen-bond donors (Lipinski definition) is 1. The standard InChI is InChI=1S/C57H100O5/c1-3-5-7-9-11-13-15-17-19-21-23-25-27-28-30-31-33-35-37-39-41-43-45-47-49-51-56(59)61-54-55(53-58)62-57(60)52-50-48-46-44-42-40-38-36-34-32-29-26-24-22-20-18-16-14-12-10-8-6-4-2/h6,8,12,14-15,17-18,20-21,23-24,26,55,58H,3-5,7,9-11,13,16,19,22,25,27-54H2,1-2H3/b8-6-,14-12-,17-15-,20-18-,23-21-,26-24-. The number of carbonyl (C=O) groups is 2. The predicted octanol–water partition coefficient (Wildman–Crippen LogP) is 17.6. The summed E-state index contributed by atoms with van der Waals surface area (Å²) in [6.45, 7) is 4.03. The third-order valence-corrected chi connectivity index (χ3v) is 11.5. The van der Waals surface area contributed by atoms with Crippen molar-refractivity contribution in [1.29, 1.82) is 0 Å². The molecule has 0 aromatic heterocycles. The average Bonchev–Trinajstić information content (AvgIpc) is 3.28. The Labute approximate surface area is 384 Å². The largest absolute Gasteiger partial charge is 0.462 e. The van der Waals surface area contributed by atoms with Gasteiger partial charge in [0.1, 0.15) is 6.61 Å². The van der Waals surface area contributed by atoms with Crippen LogP contribution >= 0.6 is 0 Å². The van der Waals surface area contributed by atoms with Gasteiger partial charge in [-0.1, -0.05) is 234 Å². The number of aliphatic hydroxyl groups is 1. The number of carbonyl (C=O) groups excluding carboxylic acids is 2. The second-order valence-corrected chi connectivity index (χ2v) is 17.6. The molecule has 0 spiro atoms. The van der Waals surface area contributed by atoms with E-state index in [2.05, 4.69) is 86.8 Å². The van der Waals surface area contributed by atoms with Crippen LogP contribution in [0, 0.1) is 0 Å². The SMILES string of the molecule is CC/C=C\C/C=C\C/C=C\C/C=C\CCCCCCCCCCCCC(=O)OC(CO)COC(=O)CCCCCCCCCCCCCCC/C=C\C/C=C\CCCCCCC. The highest BCUT2D eigenvalue weighted by Crippen LogP contribution is 2.15. The van der Waals surface area contributed by atoms with E-state index in [0.29, 0.717) is 12.8 Å². The van der Waals surface area contributed by atoms with Crippen molar-refractivity contribution in [2.45, 2.75) is 264 Å². The highest BCUT2D eigenvalue weighted by Gasteiger charge is 2.16. The molecule has 358 valence electrons. The zero-order valence-corrected chi connectivity index (χ0v) is 40.9. The van der Waals surface area contributed by atoms with E-state index in [4.69, 9.17) is 9.47 Å². The highest BCUT2D eigenvalue weighted by molar-refractivity contribution is 5.70. The van der Waals surface area contributed by atoms with Crippen LogP contribution < -0.4 is 0 Å². The molecule has 0 aromatic carbocycles. The lowest BCUT2D eigenvalue weighted by Gasteiger charge is -2.15. The molecule has 1 unspecified atom stereocenters. The van der Waals surface area contributed by atoms with Crippen LogP contribution in [0.25, 0.3) is 0 Å². The van der Waals surface area contributed by atoms with Gasteiger partial charge in [-0.3, -0.25) is 9.59 Å². The van der Waals surface area contributed by atoms with Crippen molar-refractivity contribution in [2.24, 2.45) is 0 Å². The molecular formula is C57H100O5. The summed E-state index contributed by atoms with van der Waals surface area (Å²) in [5.41, 5.74) is 0. The van der Waals surface area contributed by atoms with Crippen LogP contribution in [0.5, 0.6) is 0 Å². The second kappa shape index (κ2) is 52.7. The van der Waals surface area contributed by atoms with Gasteiger partial charge in [0.2, 0.25) is 0 Å². The number of unbranched alkanes of at least 4 members (excludes halogenated alkanes) is 28. The topological polar surface area (TPSA) is 72.8 Å². The molecule has 0 aromatic rings. The molecule has 0 saturated carbocycles. The second-order valence-electron chi connectivity index (χ2n) is 17.6. The van der Waals surface area contributed by atoms with E-state index in [9.17, 15) is 14.7 Å². The number of aliphatic hydroxyl groups excluding tert-OH is 1. The van der Waals surface area contributed by atoms with E-state index in [1.54, 1.807) is 0 Å². The molecule has 0 aliphatic heterocycles. The first kappa shape index (κ1) is 59.3. The number of allylic oxidation sites excluding steroid dienone is 12. The van der Waals surface area contributed by atoms with Gasteiger partial charge in [-0.05, 0) is 83.5 Å². The van der Waals surface area contributed by atoms with E-state index >= 15 is 0 Å². The molecule has 0 amide bonds. The Bertz CT molecular complexity index is 1110. The zero-order valence-electron chi connectivity index (χ0n) is 40.9. The van der Waals surface area contributed by atoms with Crippen molar-refractivity contribution < 1.29 is 24.2 Å². The minimum absolute atomic E-state index is 0.0691. The summed E-state index contributed by atoms with van der Waals surface area (Å²) in [7, 11) is 0. The smallest absolute Gasteiger partial charge is 0.306 e. The Morgan fingerprint density at radius 2 is 0.694 bits per heavy atom. The van der Waals surface area contributed by atoms with E-state index in [1.807, 2.05) is 0 Å². The molecule has 0 fully saturated rings. The van der Waals surface area contributed by atoms with Crippen LogP contribution in [0.3, 0.4) is 0 Å². The lowest BCUT2D eigenvalue weighted by atomic mass is 10.0. The number of ether oxygens (including phenoxy) is 2. The minimum atomic E-state index is -0.778. The summed E-state index contributed by atoms with van der Waals surface area (Å²) in [5, 5.41) is 9.64. The molecule has 0 radical (unpaired) electrons. The predicted molar refractivity (Wildman–Crippen MR) is 270 cm³/mol. The van der Waals surface area contributed by atoms with Gasteiger partial charge in [0.15, 0.2) is 6.10 Å². The Morgan fingerprint density at radius 1 is 0.387 bits per heavy atom. The maximum absolute atomic E-state index is 12.3. The van der Waals surface area contributed by atoms with Crippen LogP contribution in [0.1, 0.15) is 258 Å². The van der Waals surface area contributed by atoms with E-state index in [-0.39, 0.29) is 25.2 Å². The highest BCUT2D eigenvalue weighted by atomic mass is 16.6. The van der Waals surface area contributed by atoms with E-state index < -0.39 is 6.10 Å². The van der Waals surface area contributed by atoms with Gasteiger partial charge < -0.3 is 14.6 Å². The Balaban J connectivity index is 3.50. The first-order chi connectivity index (χ1) is 30.6. The fraction of sp³-hybridized carbons (Fsp3) is 0.754. The third-order valence-electron chi connectivity index (χ3n) is 11.5. The summed E-state index contributed by atoms with van der Waals surface area (Å²) in [5.74, 6) is -0.592. The Morgan fingerprint density at radius 3 is 1.05 bits per heavy atom. The van der Waals surface area contributed by atoms with Gasteiger partial charge >= 0.3 is 11.9 Å². The summed E-state index contributed by atoms with van der Waals surface area (Å²) in [4.78, 5) is 24.5. The van der Waals surface area contributed by atoms with Gasteiger partial charge in [-0.2, -0.15) is 0 Å². The van der Waals surface area contributed by atoms with Crippen molar-refractivity contribution in [1.82, 2.24) is 0 Å². The molecule has 62 heavy (non-hydrogen) atoms. The summed E-state index contributed by atoms with van der Waals surface area (Å²) in [6, 6.07) is 0. The van der Waals surface area contributed by atoms with E-state index in [1.165, 1.54) is 161 Å². The van der Waals surface area contributed by atoms with Crippen molar-refractivity contribution in [3.8, 4) is 0 Å². The maximum atomic E-state index is 12.3. The maximum Gasteiger partial charge on any atom is 0.306 e. The van der Waals surface area contributed by atoms with Crippen LogP contribution in [-0.2, 0) is 19.1 Å². The number of rotatable bonds is 48. The average molecular weight is 865 g/mol. The van der Waals surface area contributed by atoms with Crippen LogP contribution in [0.15, 0.2) is 72.9 Å². The molecule has 0 bridgehead atoms. The lowest BCUT2D eigenvalue weighted by Crippen LogP contribution is -2.28. The van der Waals surface area contributed by atoms with Gasteiger partial charge in [0.05, 0.1) is 6.61 Å². The monoisotopic (exact) mass is 865 g/mol. The van der Waals surface area contributed by atoms with Crippen molar-refractivity contribution >= 4 is 11.9 Å². The number of esters is 2. The van der Waals surface area contributed by atoms with Crippen LogP contribution in [0.4, 0.5) is 0 Å². The first-order valence-corrected chi connectivity index (χ1v) is 26.5. The van der Waals surface area contributed by atoms with Crippen LogP contribution in [-0.4, -0.2) is 36.4 Å². The zero-order chi connectivity index (χ0) is 44.9. The van der Waals surface area contributed by atoms with Crippen LogP contribution in [0.2, 0.25) is 0 Å². The minimum Gasteiger partial charge on any atom is -0.462 e. The Hall–Kier alpha value is -2.66. The molecule has 5 nitrogen and oxygen atoms in total. The van der Waals surface area contributed by atoms with Crippen molar-refractivity contribution in [3.05, 3.63) is 72.9 Å². The fourth-order valence-electron chi connectivity index (χ4n) is 7.52. The summed E-state index contributed by atoms with van der Waals surface area (Å²) < 4.78 is 10.7. The molecule has 0 heterocycles. The molecule has 1 N–H and O–H groups in total. The normalized spacial score (nSPS) is 12.8. The number of hydrogen-bond acceptors (Lipinski definition) is 5. The van der Waals surface area contributed by atoms with Crippen molar-refractivity contribution in [3.63, 3.8) is 0 Å². The quantitative estimate of drug-likeness (QED) is 0.0375. The fourth-order valence-corrected chi connectivity index (χ4v) is 7.52. The molecule has 0 rings (SSSR count). The summed E-state index contributed by atoms with van der Waals surface area (Å²) >= 11 is 0. The van der Waals surface area contributed by atoms with Gasteiger partial charge in [0.25, 0.3) is 0 Å².